The van der Waals surface area contributed by atoms with Crippen molar-refractivity contribution in [2.24, 2.45) is 0 Å². The minimum atomic E-state index is -0.698. The highest BCUT2D eigenvalue weighted by molar-refractivity contribution is 5.75. The predicted octanol–water partition coefficient (Wildman–Crippen LogP) is 0.215. The Balaban J connectivity index is 3.63. The van der Waals surface area contributed by atoms with Crippen molar-refractivity contribution in [2.45, 2.75) is 32.8 Å². The van der Waals surface area contributed by atoms with Gasteiger partial charge in [-0.1, -0.05) is 0 Å². The fourth-order valence-electron chi connectivity index (χ4n) is 1.32. The Morgan fingerprint density at radius 1 is 1.50 bits per heavy atom. The minimum Gasteiger partial charge on any atom is -0.389 e. The molecule has 0 aromatic carbocycles. The van der Waals surface area contributed by atoms with E-state index in [4.69, 9.17) is 0 Å². The van der Waals surface area contributed by atoms with E-state index in [-0.39, 0.29) is 5.91 Å². The number of aliphatic hydroxyl groups is 1. The van der Waals surface area contributed by atoms with Crippen molar-refractivity contribution < 1.29 is 9.90 Å². The molecule has 0 bridgehead atoms. The molecule has 84 valence electrons. The van der Waals surface area contributed by atoms with E-state index in [2.05, 4.69) is 5.32 Å². The van der Waals surface area contributed by atoms with Crippen molar-refractivity contribution in [1.29, 1.82) is 0 Å². The zero-order chi connectivity index (χ0) is 11.2. The van der Waals surface area contributed by atoms with Gasteiger partial charge in [0.2, 0.25) is 5.91 Å². The maximum absolute atomic E-state index is 11.1. The van der Waals surface area contributed by atoms with E-state index in [1.165, 1.54) is 0 Å². The number of nitrogens with one attached hydrogen (secondary N) is 1. The molecule has 0 fully saturated rings. The first kappa shape index (κ1) is 13.4. The van der Waals surface area contributed by atoms with Gasteiger partial charge in [0.05, 0.1) is 5.60 Å². The molecule has 0 unspecified atom stereocenters. The van der Waals surface area contributed by atoms with E-state index >= 15 is 0 Å². The standard InChI is InChI=1S/C10H22N2O2/c1-5-11-9(13)6-7-12(4)8-10(2,3)14/h14H,5-8H2,1-4H3,(H,11,13). The van der Waals surface area contributed by atoms with E-state index in [1.807, 2.05) is 18.9 Å². The van der Waals surface area contributed by atoms with Crippen LogP contribution in [0.2, 0.25) is 0 Å². The van der Waals surface area contributed by atoms with Crippen molar-refractivity contribution >= 4 is 5.91 Å². The SMILES string of the molecule is CCNC(=O)CCN(C)CC(C)(C)O. The molecule has 0 aliphatic carbocycles. The molecule has 14 heavy (non-hydrogen) atoms. The number of rotatable bonds is 6. The van der Waals surface area contributed by atoms with E-state index in [0.29, 0.717) is 26.1 Å². The summed E-state index contributed by atoms with van der Waals surface area (Å²) >= 11 is 0. The summed E-state index contributed by atoms with van der Waals surface area (Å²) in [5.41, 5.74) is -0.698. The second-order valence-corrected chi connectivity index (χ2v) is 4.25. The van der Waals surface area contributed by atoms with Crippen LogP contribution in [0, 0.1) is 0 Å². The average molecular weight is 202 g/mol. The van der Waals surface area contributed by atoms with E-state index in [9.17, 15) is 9.90 Å². The summed E-state index contributed by atoms with van der Waals surface area (Å²) in [5, 5.41) is 12.3. The van der Waals surface area contributed by atoms with Crippen LogP contribution in [0.5, 0.6) is 0 Å². The zero-order valence-electron chi connectivity index (χ0n) is 9.63. The second-order valence-electron chi connectivity index (χ2n) is 4.25. The highest BCUT2D eigenvalue weighted by Crippen LogP contribution is 2.03. The van der Waals surface area contributed by atoms with Gasteiger partial charge in [-0.2, -0.15) is 0 Å². The lowest BCUT2D eigenvalue weighted by molar-refractivity contribution is -0.121. The maximum Gasteiger partial charge on any atom is 0.221 e. The first-order valence-corrected chi connectivity index (χ1v) is 5.03. The average Bonchev–Trinajstić information content (AvgIpc) is 1.98. The normalized spacial score (nSPS) is 11.9. The predicted molar refractivity (Wildman–Crippen MR) is 57.1 cm³/mol. The van der Waals surface area contributed by atoms with Gasteiger partial charge in [0.15, 0.2) is 0 Å². The highest BCUT2D eigenvalue weighted by atomic mass is 16.3. The summed E-state index contributed by atoms with van der Waals surface area (Å²) in [6.45, 7) is 7.35. The molecule has 0 aromatic rings. The lowest BCUT2D eigenvalue weighted by Gasteiger charge is -2.25. The van der Waals surface area contributed by atoms with Gasteiger partial charge >= 0.3 is 0 Å². The van der Waals surface area contributed by atoms with Gasteiger partial charge in [-0.15, -0.1) is 0 Å². The Kier molecular flexibility index (Phi) is 5.72. The summed E-state index contributed by atoms with van der Waals surface area (Å²) in [4.78, 5) is 13.1. The first-order valence-electron chi connectivity index (χ1n) is 5.03. The summed E-state index contributed by atoms with van der Waals surface area (Å²) < 4.78 is 0. The van der Waals surface area contributed by atoms with Crippen molar-refractivity contribution in [3.05, 3.63) is 0 Å². The van der Waals surface area contributed by atoms with E-state index < -0.39 is 5.60 Å². The molecule has 1 amide bonds. The van der Waals surface area contributed by atoms with Crippen LogP contribution in [0.15, 0.2) is 0 Å². The molecule has 2 N–H and O–H groups in total. The molecule has 0 saturated carbocycles. The van der Waals surface area contributed by atoms with Crippen molar-refractivity contribution in [2.75, 3.05) is 26.7 Å². The van der Waals surface area contributed by atoms with Gasteiger partial charge in [0.1, 0.15) is 0 Å². The molecule has 0 aliphatic heterocycles. The van der Waals surface area contributed by atoms with Crippen LogP contribution in [0.25, 0.3) is 0 Å². The lowest BCUT2D eigenvalue weighted by atomic mass is 10.1. The van der Waals surface area contributed by atoms with Gasteiger partial charge < -0.3 is 15.3 Å². The molecule has 4 nitrogen and oxygen atoms in total. The molecular weight excluding hydrogens is 180 g/mol. The molecule has 4 heteroatoms. The van der Waals surface area contributed by atoms with Crippen LogP contribution in [0.3, 0.4) is 0 Å². The molecule has 0 saturated heterocycles. The Bertz CT molecular complexity index is 175. The van der Waals surface area contributed by atoms with Gasteiger partial charge in [-0.3, -0.25) is 4.79 Å². The molecule has 0 radical (unpaired) electrons. The molecular formula is C10H22N2O2. The third-order valence-electron chi connectivity index (χ3n) is 1.75. The van der Waals surface area contributed by atoms with Crippen LogP contribution in [0.1, 0.15) is 27.2 Å². The van der Waals surface area contributed by atoms with Crippen molar-refractivity contribution in [3.8, 4) is 0 Å². The Hall–Kier alpha value is -0.610. The number of nitrogens with zero attached hydrogens (tertiary/aromatic N) is 1. The fourth-order valence-corrected chi connectivity index (χ4v) is 1.32. The minimum absolute atomic E-state index is 0.0649. The van der Waals surface area contributed by atoms with Crippen LogP contribution >= 0.6 is 0 Å². The van der Waals surface area contributed by atoms with Gasteiger partial charge in [-0.05, 0) is 27.8 Å². The molecule has 0 spiro atoms. The van der Waals surface area contributed by atoms with Crippen LogP contribution in [-0.2, 0) is 4.79 Å². The summed E-state index contributed by atoms with van der Waals surface area (Å²) in [6.07, 6.45) is 0.487. The number of hydrogen-bond donors (Lipinski definition) is 2. The zero-order valence-corrected chi connectivity index (χ0v) is 9.63. The van der Waals surface area contributed by atoms with Crippen LogP contribution in [0.4, 0.5) is 0 Å². The molecule has 0 heterocycles. The largest absolute Gasteiger partial charge is 0.389 e. The molecule has 0 aromatic heterocycles. The third kappa shape index (κ3) is 8.01. The molecule has 0 atom stereocenters. The number of carbonyl (C=O) groups is 1. The third-order valence-corrected chi connectivity index (χ3v) is 1.75. The van der Waals surface area contributed by atoms with Crippen molar-refractivity contribution in [1.82, 2.24) is 10.2 Å². The van der Waals surface area contributed by atoms with Gasteiger partial charge in [0, 0.05) is 26.1 Å². The quantitative estimate of drug-likeness (QED) is 0.647. The number of hydrogen-bond acceptors (Lipinski definition) is 3. The number of amides is 1. The van der Waals surface area contributed by atoms with E-state index in [1.54, 1.807) is 13.8 Å². The van der Waals surface area contributed by atoms with Gasteiger partial charge in [0.25, 0.3) is 0 Å². The summed E-state index contributed by atoms with van der Waals surface area (Å²) in [7, 11) is 1.90. The van der Waals surface area contributed by atoms with E-state index in [0.717, 1.165) is 0 Å². The lowest BCUT2D eigenvalue weighted by Crippen LogP contribution is -2.38. The smallest absolute Gasteiger partial charge is 0.221 e. The Labute approximate surface area is 86.3 Å². The van der Waals surface area contributed by atoms with Crippen LogP contribution < -0.4 is 5.32 Å². The molecule has 0 rings (SSSR count). The Morgan fingerprint density at radius 3 is 2.50 bits per heavy atom. The topological polar surface area (TPSA) is 52.6 Å². The monoisotopic (exact) mass is 202 g/mol. The number of carbonyl (C=O) groups excluding carboxylic acids is 1. The maximum atomic E-state index is 11.1. The Morgan fingerprint density at radius 2 is 2.07 bits per heavy atom. The van der Waals surface area contributed by atoms with Crippen LogP contribution in [-0.4, -0.2) is 48.2 Å². The van der Waals surface area contributed by atoms with Crippen molar-refractivity contribution in [3.63, 3.8) is 0 Å². The summed E-state index contributed by atoms with van der Waals surface area (Å²) in [6, 6.07) is 0. The first-order chi connectivity index (χ1) is 6.35. The summed E-state index contributed by atoms with van der Waals surface area (Å²) in [5.74, 6) is 0.0649. The number of likely N-dealkylation sites (N-methyl/N-ethyl adjacent to an activating group) is 1. The second kappa shape index (κ2) is 5.98. The molecule has 0 aliphatic rings. The van der Waals surface area contributed by atoms with Gasteiger partial charge in [-0.25, -0.2) is 0 Å². The highest BCUT2D eigenvalue weighted by Gasteiger charge is 2.15. The fraction of sp³-hybridized carbons (Fsp3) is 0.900.